The van der Waals surface area contributed by atoms with Gasteiger partial charge in [0.25, 0.3) is 0 Å². The number of sulfonamides is 1. The summed E-state index contributed by atoms with van der Waals surface area (Å²) < 4.78 is 35.0. The zero-order valence-electron chi connectivity index (χ0n) is 10.9. The van der Waals surface area contributed by atoms with Crippen molar-refractivity contribution >= 4 is 16.0 Å². The van der Waals surface area contributed by atoms with Crippen molar-refractivity contribution in [3.63, 3.8) is 0 Å². The second-order valence-electron chi connectivity index (χ2n) is 4.26. The molecule has 0 radical (unpaired) electrons. The quantitative estimate of drug-likeness (QED) is 0.651. The lowest BCUT2D eigenvalue weighted by atomic mass is 10.0. The molecule has 1 unspecified atom stereocenters. The second-order valence-corrected chi connectivity index (χ2v) is 6.35. The summed E-state index contributed by atoms with van der Waals surface area (Å²) in [5, 5.41) is 0. The number of carbonyl (C=O) groups is 1. The van der Waals surface area contributed by atoms with Crippen molar-refractivity contribution in [2.24, 2.45) is 5.92 Å². The van der Waals surface area contributed by atoms with Crippen molar-refractivity contribution < 1.29 is 22.7 Å². The molecule has 1 aliphatic rings. The van der Waals surface area contributed by atoms with Crippen LogP contribution in [0.1, 0.15) is 19.8 Å². The Hall–Kier alpha value is -0.660. The Morgan fingerprint density at radius 1 is 1.44 bits per heavy atom. The van der Waals surface area contributed by atoms with Crippen LogP contribution in [0.4, 0.5) is 0 Å². The molecule has 0 aromatic rings. The molecule has 0 spiro atoms. The number of hydrogen-bond donors (Lipinski definition) is 0. The summed E-state index contributed by atoms with van der Waals surface area (Å²) in [6.45, 7) is 2.94. The Kier molecular flexibility index (Phi) is 6.04. The molecule has 0 bridgehead atoms. The second kappa shape index (κ2) is 7.06. The van der Waals surface area contributed by atoms with Gasteiger partial charge in [-0.05, 0) is 19.8 Å². The lowest BCUT2D eigenvalue weighted by Gasteiger charge is -2.30. The molecular formula is C11H21NO5S. The number of esters is 1. The number of ether oxygens (including phenoxy) is 2. The van der Waals surface area contributed by atoms with Gasteiger partial charge in [-0.2, -0.15) is 0 Å². The monoisotopic (exact) mass is 279 g/mol. The third kappa shape index (κ3) is 4.22. The van der Waals surface area contributed by atoms with Crippen LogP contribution in [-0.2, 0) is 24.3 Å². The van der Waals surface area contributed by atoms with Crippen LogP contribution in [0.2, 0.25) is 0 Å². The maximum atomic E-state index is 12.0. The molecule has 1 rings (SSSR count). The summed E-state index contributed by atoms with van der Waals surface area (Å²) in [5.41, 5.74) is 0. The molecule has 1 saturated heterocycles. The Balaban J connectivity index is 2.60. The third-order valence-corrected chi connectivity index (χ3v) is 4.74. The Bertz CT molecular complexity index is 368. The maximum absolute atomic E-state index is 12.0. The molecule has 7 heteroatoms. The van der Waals surface area contributed by atoms with E-state index in [1.165, 1.54) is 11.4 Å². The Morgan fingerprint density at radius 2 is 2.17 bits per heavy atom. The van der Waals surface area contributed by atoms with E-state index in [1.54, 1.807) is 6.92 Å². The first-order chi connectivity index (χ1) is 8.51. The van der Waals surface area contributed by atoms with E-state index < -0.39 is 10.0 Å². The van der Waals surface area contributed by atoms with Crippen LogP contribution >= 0.6 is 0 Å². The number of carbonyl (C=O) groups excluding carboxylic acids is 1. The fraction of sp³-hybridized carbons (Fsp3) is 0.909. The predicted octanol–water partition coefficient (Wildman–Crippen LogP) is 0.238. The summed E-state index contributed by atoms with van der Waals surface area (Å²) in [6.07, 6.45) is 1.38. The lowest BCUT2D eigenvalue weighted by molar-refractivity contribution is -0.149. The summed E-state index contributed by atoms with van der Waals surface area (Å²) in [5.74, 6) is -0.681. The number of rotatable bonds is 6. The summed E-state index contributed by atoms with van der Waals surface area (Å²) in [6, 6.07) is 0. The van der Waals surface area contributed by atoms with Crippen molar-refractivity contribution in [1.29, 1.82) is 0 Å². The molecule has 0 saturated carbocycles. The third-order valence-electron chi connectivity index (χ3n) is 2.94. The van der Waals surface area contributed by atoms with Gasteiger partial charge in [0, 0.05) is 20.2 Å². The van der Waals surface area contributed by atoms with E-state index in [1.807, 2.05) is 0 Å². The van der Waals surface area contributed by atoms with Crippen molar-refractivity contribution in [2.45, 2.75) is 19.8 Å². The zero-order valence-corrected chi connectivity index (χ0v) is 11.7. The minimum atomic E-state index is -3.33. The highest BCUT2D eigenvalue weighted by Crippen LogP contribution is 2.20. The van der Waals surface area contributed by atoms with Crippen LogP contribution in [0.3, 0.4) is 0 Å². The summed E-state index contributed by atoms with van der Waals surface area (Å²) >= 11 is 0. The molecule has 0 N–H and O–H groups in total. The molecule has 0 amide bonds. The molecule has 1 fully saturated rings. The van der Waals surface area contributed by atoms with Crippen molar-refractivity contribution in [3.05, 3.63) is 0 Å². The van der Waals surface area contributed by atoms with Gasteiger partial charge >= 0.3 is 5.97 Å². The first-order valence-electron chi connectivity index (χ1n) is 6.14. The van der Waals surface area contributed by atoms with Crippen LogP contribution in [0, 0.1) is 5.92 Å². The molecule has 0 aliphatic carbocycles. The van der Waals surface area contributed by atoms with Crippen molar-refractivity contribution in [1.82, 2.24) is 4.31 Å². The average molecular weight is 279 g/mol. The fourth-order valence-electron chi connectivity index (χ4n) is 1.97. The topological polar surface area (TPSA) is 72.9 Å². The molecule has 1 aliphatic heterocycles. The normalized spacial score (nSPS) is 21.8. The van der Waals surface area contributed by atoms with Gasteiger partial charge < -0.3 is 9.47 Å². The Labute approximate surface area is 108 Å². The Morgan fingerprint density at radius 3 is 2.78 bits per heavy atom. The smallest absolute Gasteiger partial charge is 0.310 e. The average Bonchev–Trinajstić information content (AvgIpc) is 2.37. The zero-order chi connectivity index (χ0) is 13.6. The highest BCUT2D eigenvalue weighted by atomic mass is 32.2. The number of nitrogens with zero attached hydrogens (tertiary/aromatic N) is 1. The lowest BCUT2D eigenvalue weighted by Crippen LogP contribution is -2.44. The molecule has 18 heavy (non-hydrogen) atoms. The first-order valence-corrected chi connectivity index (χ1v) is 7.75. The SMILES string of the molecule is CCOC(=O)C1CCCN(S(=O)(=O)CCOC)C1. The molecule has 1 atom stereocenters. The van der Waals surface area contributed by atoms with Gasteiger partial charge in [0.15, 0.2) is 0 Å². The van der Waals surface area contributed by atoms with Gasteiger partial charge in [-0.1, -0.05) is 0 Å². The fourth-order valence-corrected chi connectivity index (χ4v) is 3.42. The molecule has 1 heterocycles. The van der Waals surface area contributed by atoms with Crippen LogP contribution in [0.15, 0.2) is 0 Å². The standard InChI is InChI=1S/C11H21NO5S/c1-3-17-11(13)10-5-4-6-12(9-10)18(14,15)8-7-16-2/h10H,3-9H2,1-2H3. The molecule has 6 nitrogen and oxygen atoms in total. The molecule has 0 aromatic heterocycles. The highest BCUT2D eigenvalue weighted by molar-refractivity contribution is 7.89. The highest BCUT2D eigenvalue weighted by Gasteiger charge is 2.32. The van der Waals surface area contributed by atoms with E-state index in [0.29, 0.717) is 26.0 Å². The summed E-state index contributed by atoms with van der Waals surface area (Å²) in [7, 11) is -1.86. The van der Waals surface area contributed by atoms with Gasteiger partial charge in [0.2, 0.25) is 10.0 Å². The largest absolute Gasteiger partial charge is 0.466 e. The van der Waals surface area contributed by atoms with E-state index in [2.05, 4.69) is 0 Å². The molecule has 106 valence electrons. The molecular weight excluding hydrogens is 258 g/mol. The minimum Gasteiger partial charge on any atom is -0.466 e. The van der Waals surface area contributed by atoms with E-state index in [4.69, 9.17) is 9.47 Å². The van der Waals surface area contributed by atoms with Crippen LogP contribution < -0.4 is 0 Å². The molecule has 0 aromatic carbocycles. The van der Waals surface area contributed by atoms with Gasteiger partial charge in [-0.25, -0.2) is 12.7 Å². The summed E-state index contributed by atoms with van der Waals surface area (Å²) in [4.78, 5) is 11.6. The van der Waals surface area contributed by atoms with Gasteiger partial charge in [0.05, 0.1) is 24.9 Å². The van der Waals surface area contributed by atoms with E-state index in [0.717, 1.165) is 0 Å². The minimum absolute atomic E-state index is 0.0426. The van der Waals surface area contributed by atoms with Crippen LogP contribution in [0.25, 0.3) is 0 Å². The number of methoxy groups -OCH3 is 1. The number of piperidine rings is 1. The van der Waals surface area contributed by atoms with Crippen molar-refractivity contribution in [3.8, 4) is 0 Å². The maximum Gasteiger partial charge on any atom is 0.310 e. The predicted molar refractivity (Wildman–Crippen MR) is 66.6 cm³/mol. The van der Waals surface area contributed by atoms with E-state index in [-0.39, 0.29) is 30.8 Å². The van der Waals surface area contributed by atoms with Crippen LogP contribution in [-0.4, -0.2) is 57.9 Å². The first kappa shape index (κ1) is 15.4. The van der Waals surface area contributed by atoms with Gasteiger partial charge in [-0.3, -0.25) is 4.79 Å². The van der Waals surface area contributed by atoms with Crippen LogP contribution in [0.5, 0.6) is 0 Å². The number of hydrogen-bond acceptors (Lipinski definition) is 5. The van der Waals surface area contributed by atoms with E-state index >= 15 is 0 Å². The van der Waals surface area contributed by atoms with E-state index in [9.17, 15) is 13.2 Å². The van der Waals surface area contributed by atoms with Gasteiger partial charge in [-0.15, -0.1) is 0 Å². The van der Waals surface area contributed by atoms with Crippen molar-refractivity contribution in [2.75, 3.05) is 39.2 Å². The van der Waals surface area contributed by atoms with Gasteiger partial charge in [0.1, 0.15) is 0 Å².